The zero-order valence-electron chi connectivity index (χ0n) is 12.2. The Morgan fingerprint density at radius 2 is 2.27 bits per heavy atom. The second kappa shape index (κ2) is 7.02. The molecule has 1 aromatic heterocycles. The van der Waals surface area contributed by atoms with E-state index >= 15 is 0 Å². The lowest BCUT2D eigenvalue weighted by molar-refractivity contribution is 0.179. The number of halogens is 2. The van der Waals surface area contributed by atoms with Crippen LogP contribution in [0.3, 0.4) is 0 Å². The van der Waals surface area contributed by atoms with Crippen molar-refractivity contribution in [1.82, 2.24) is 9.36 Å². The fourth-order valence-corrected chi connectivity index (χ4v) is 3.50. The van der Waals surface area contributed by atoms with Crippen molar-refractivity contribution in [3.63, 3.8) is 0 Å². The lowest BCUT2D eigenvalue weighted by atomic mass is 10.0. The molecule has 7 heteroatoms. The van der Waals surface area contributed by atoms with Gasteiger partial charge in [-0.1, -0.05) is 28.8 Å². The fourth-order valence-electron chi connectivity index (χ4n) is 2.39. The summed E-state index contributed by atoms with van der Waals surface area (Å²) < 4.78 is 23.7. The third-order valence-electron chi connectivity index (χ3n) is 3.59. The predicted octanol–water partition coefficient (Wildman–Crippen LogP) is 4.54. The molecule has 0 bridgehead atoms. The molecule has 0 saturated heterocycles. The highest BCUT2D eigenvalue weighted by atomic mass is 79.9. The summed E-state index contributed by atoms with van der Waals surface area (Å²) >= 11 is 4.67. The molecule has 1 aliphatic carbocycles. The average molecular weight is 386 g/mol. The summed E-state index contributed by atoms with van der Waals surface area (Å²) in [6, 6.07) is 5.06. The molecule has 1 saturated carbocycles. The molecular formula is C15H17BrFN3OS. The molecule has 0 aliphatic heterocycles. The van der Waals surface area contributed by atoms with Gasteiger partial charge in [0.2, 0.25) is 5.13 Å². The molecule has 0 radical (unpaired) electrons. The molecule has 1 aromatic carbocycles. The van der Waals surface area contributed by atoms with Crippen LogP contribution in [0.25, 0.3) is 0 Å². The van der Waals surface area contributed by atoms with Gasteiger partial charge in [0.1, 0.15) is 12.4 Å². The van der Waals surface area contributed by atoms with Crippen molar-refractivity contribution in [2.24, 2.45) is 5.92 Å². The van der Waals surface area contributed by atoms with E-state index in [1.807, 2.05) is 6.07 Å². The molecule has 118 valence electrons. The Labute approximate surface area is 141 Å². The van der Waals surface area contributed by atoms with Crippen LogP contribution in [0, 0.1) is 11.7 Å². The molecule has 3 rings (SSSR count). The Morgan fingerprint density at radius 1 is 1.45 bits per heavy atom. The molecule has 1 heterocycles. The van der Waals surface area contributed by atoms with Gasteiger partial charge in [0, 0.05) is 23.1 Å². The van der Waals surface area contributed by atoms with Gasteiger partial charge in [-0.05, 0) is 36.1 Å². The Kier molecular flexibility index (Phi) is 5.05. The van der Waals surface area contributed by atoms with Crippen molar-refractivity contribution in [1.29, 1.82) is 0 Å². The highest BCUT2D eigenvalue weighted by Crippen LogP contribution is 2.39. The first-order valence-corrected chi connectivity index (χ1v) is 8.74. The van der Waals surface area contributed by atoms with Crippen molar-refractivity contribution >= 4 is 32.6 Å². The van der Waals surface area contributed by atoms with E-state index in [0.717, 1.165) is 21.6 Å². The summed E-state index contributed by atoms with van der Waals surface area (Å²) in [7, 11) is 1.62. The van der Waals surface area contributed by atoms with Crippen LogP contribution in [-0.4, -0.2) is 16.5 Å². The molecule has 1 unspecified atom stereocenters. The van der Waals surface area contributed by atoms with Gasteiger partial charge in [-0.2, -0.15) is 4.37 Å². The van der Waals surface area contributed by atoms with E-state index < -0.39 is 0 Å². The molecule has 1 fully saturated rings. The number of rotatable bonds is 7. The van der Waals surface area contributed by atoms with Crippen molar-refractivity contribution in [2.75, 3.05) is 12.4 Å². The molecular weight excluding hydrogens is 369 g/mol. The third kappa shape index (κ3) is 4.24. The zero-order valence-corrected chi connectivity index (χ0v) is 14.6. The van der Waals surface area contributed by atoms with Crippen molar-refractivity contribution in [3.05, 3.63) is 39.9 Å². The van der Waals surface area contributed by atoms with Crippen LogP contribution in [0.2, 0.25) is 0 Å². The second-order valence-electron chi connectivity index (χ2n) is 5.53. The van der Waals surface area contributed by atoms with Crippen LogP contribution in [-0.2, 0) is 11.3 Å². The summed E-state index contributed by atoms with van der Waals surface area (Å²) in [4.78, 5) is 4.40. The van der Waals surface area contributed by atoms with Crippen molar-refractivity contribution in [3.8, 4) is 0 Å². The number of benzene rings is 1. The normalized spacial score (nSPS) is 15.8. The molecule has 2 aromatic rings. The third-order valence-corrected chi connectivity index (χ3v) is 4.73. The summed E-state index contributed by atoms with van der Waals surface area (Å²) in [6.07, 6.45) is 3.48. The maximum absolute atomic E-state index is 13.7. The molecule has 1 aliphatic rings. The first kappa shape index (κ1) is 15.8. The van der Waals surface area contributed by atoms with E-state index in [2.05, 4.69) is 30.6 Å². The van der Waals surface area contributed by atoms with Gasteiger partial charge >= 0.3 is 0 Å². The highest BCUT2D eigenvalue weighted by molar-refractivity contribution is 9.10. The maximum Gasteiger partial charge on any atom is 0.203 e. The van der Waals surface area contributed by atoms with Crippen LogP contribution in [0.15, 0.2) is 22.7 Å². The summed E-state index contributed by atoms with van der Waals surface area (Å²) in [6.45, 7) is 0.400. The minimum Gasteiger partial charge on any atom is -0.377 e. The Morgan fingerprint density at radius 3 is 2.95 bits per heavy atom. The van der Waals surface area contributed by atoms with Gasteiger partial charge in [-0.15, -0.1) is 0 Å². The second-order valence-corrected chi connectivity index (χ2v) is 7.20. The zero-order chi connectivity index (χ0) is 15.5. The Hall–Kier alpha value is -1.05. The smallest absolute Gasteiger partial charge is 0.203 e. The quantitative estimate of drug-likeness (QED) is 0.759. The molecule has 0 amide bonds. The van der Waals surface area contributed by atoms with E-state index in [4.69, 9.17) is 4.74 Å². The molecule has 4 nitrogen and oxygen atoms in total. The number of anilines is 1. The molecule has 22 heavy (non-hydrogen) atoms. The van der Waals surface area contributed by atoms with Gasteiger partial charge in [-0.3, -0.25) is 0 Å². The molecule has 1 N–H and O–H groups in total. The maximum atomic E-state index is 13.7. The van der Waals surface area contributed by atoms with Crippen molar-refractivity contribution in [2.45, 2.75) is 31.9 Å². The lowest BCUT2D eigenvalue weighted by Gasteiger charge is -2.18. The summed E-state index contributed by atoms with van der Waals surface area (Å²) in [5.41, 5.74) is 0.933. The lowest BCUT2D eigenvalue weighted by Crippen LogP contribution is -2.12. The first-order valence-electron chi connectivity index (χ1n) is 7.18. The average Bonchev–Trinajstić information content (AvgIpc) is 3.17. The van der Waals surface area contributed by atoms with E-state index in [-0.39, 0.29) is 11.9 Å². The van der Waals surface area contributed by atoms with E-state index in [9.17, 15) is 4.39 Å². The van der Waals surface area contributed by atoms with E-state index in [1.165, 1.54) is 30.4 Å². The van der Waals surface area contributed by atoms with Crippen LogP contribution in [0.5, 0.6) is 0 Å². The number of hydrogen-bond acceptors (Lipinski definition) is 5. The SMILES string of the molecule is COCc1nsc(NC(CC2CC2)c2cc(F)cc(Br)c2)n1. The topological polar surface area (TPSA) is 47.0 Å². The number of hydrogen-bond donors (Lipinski definition) is 1. The minimum absolute atomic E-state index is 0.0443. The standard InChI is InChI=1S/C15H17BrFN3OS/c1-21-8-14-19-15(22-20-14)18-13(4-9-2-3-9)10-5-11(16)7-12(17)6-10/h5-7,9,13H,2-4,8H2,1H3,(H,18,19,20). The van der Waals surface area contributed by atoms with Crippen LogP contribution in [0.4, 0.5) is 9.52 Å². The number of ether oxygens (including phenoxy) is 1. The first-order chi connectivity index (χ1) is 10.6. The molecule has 0 spiro atoms. The van der Waals surface area contributed by atoms with Gasteiger partial charge in [-0.25, -0.2) is 9.37 Å². The number of methoxy groups -OCH3 is 1. The monoisotopic (exact) mass is 385 g/mol. The predicted molar refractivity (Wildman–Crippen MR) is 88.4 cm³/mol. The van der Waals surface area contributed by atoms with Gasteiger partial charge in [0.05, 0.1) is 6.04 Å². The number of nitrogens with one attached hydrogen (secondary N) is 1. The van der Waals surface area contributed by atoms with Crippen LogP contribution in [0.1, 0.15) is 36.7 Å². The largest absolute Gasteiger partial charge is 0.377 e. The number of aromatic nitrogens is 2. The summed E-state index contributed by atoms with van der Waals surface area (Å²) in [5.74, 6) is 1.15. The van der Waals surface area contributed by atoms with Gasteiger partial charge in [0.15, 0.2) is 5.82 Å². The van der Waals surface area contributed by atoms with Crippen molar-refractivity contribution < 1.29 is 9.13 Å². The van der Waals surface area contributed by atoms with Crippen LogP contribution < -0.4 is 5.32 Å². The van der Waals surface area contributed by atoms with E-state index in [0.29, 0.717) is 18.3 Å². The van der Waals surface area contributed by atoms with Crippen LogP contribution >= 0.6 is 27.5 Å². The highest BCUT2D eigenvalue weighted by Gasteiger charge is 2.27. The fraction of sp³-hybridized carbons (Fsp3) is 0.467. The Balaban J connectivity index is 1.78. The molecule has 1 atom stereocenters. The Bertz CT molecular complexity index is 627. The van der Waals surface area contributed by atoms with E-state index in [1.54, 1.807) is 13.2 Å². The number of nitrogens with zero attached hydrogens (tertiary/aromatic N) is 2. The summed E-state index contributed by atoms with van der Waals surface area (Å²) in [5, 5.41) is 4.15. The van der Waals surface area contributed by atoms with Gasteiger partial charge < -0.3 is 10.1 Å². The minimum atomic E-state index is -0.232. The van der Waals surface area contributed by atoms with Gasteiger partial charge in [0.25, 0.3) is 0 Å².